The molecule has 1 aromatic carbocycles. The summed E-state index contributed by atoms with van der Waals surface area (Å²) in [6.07, 6.45) is 3.93. The van der Waals surface area contributed by atoms with E-state index in [-0.39, 0.29) is 11.9 Å². The molecular formula is C20H26N2O3. The number of hydrogen-bond acceptors (Lipinski definition) is 4. The van der Waals surface area contributed by atoms with Gasteiger partial charge < -0.3 is 14.2 Å². The third-order valence-electron chi connectivity index (χ3n) is 4.99. The molecule has 0 N–H and O–H groups in total. The van der Waals surface area contributed by atoms with Crippen LogP contribution in [0.4, 0.5) is 0 Å². The van der Waals surface area contributed by atoms with Gasteiger partial charge in [-0.1, -0.05) is 31.1 Å². The number of nitrogens with zero attached hydrogens (tertiary/aromatic N) is 2. The quantitative estimate of drug-likeness (QED) is 0.803. The van der Waals surface area contributed by atoms with E-state index in [1.165, 1.54) is 0 Å². The van der Waals surface area contributed by atoms with Crippen LogP contribution in [0, 0.1) is 0 Å². The van der Waals surface area contributed by atoms with E-state index in [1.54, 1.807) is 7.11 Å². The molecule has 3 rings (SSSR count). The maximum absolute atomic E-state index is 13.0. The summed E-state index contributed by atoms with van der Waals surface area (Å²) in [5, 5.41) is 4.12. The summed E-state index contributed by atoms with van der Waals surface area (Å²) < 4.78 is 10.7. The van der Waals surface area contributed by atoms with Crippen LogP contribution < -0.4 is 4.74 Å². The highest BCUT2D eigenvalue weighted by Crippen LogP contribution is 2.34. The van der Waals surface area contributed by atoms with Gasteiger partial charge in [0.15, 0.2) is 0 Å². The Morgan fingerprint density at radius 2 is 2.20 bits per heavy atom. The number of carbonyl (C=O) groups is 1. The van der Waals surface area contributed by atoms with Gasteiger partial charge in [-0.2, -0.15) is 0 Å². The second kappa shape index (κ2) is 7.72. The van der Waals surface area contributed by atoms with Crippen molar-refractivity contribution in [1.82, 2.24) is 10.1 Å². The fourth-order valence-electron chi connectivity index (χ4n) is 3.65. The number of hydrogen-bond donors (Lipinski definition) is 0. The summed E-state index contributed by atoms with van der Waals surface area (Å²) in [7, 11) is 1.67. The molecule has 0 radical (unpaired) electrons. The van der Waals surface area contributed by atoms with E-state index in [2.05, 4.69) is 11.2 Å². The Kier molecular flexibility index (Phi) is 5.41. The van der Waals surface area contributed by atoms with Crippen LogP contribution in [0.2, 0.25) is 0 Å². The molecule has 1 aromatic heterocycles. The maximum atomic E-state index is 13.0. The average Bonchev–Trinajstić information content (AvgIpc) is 3.28. The van der Waals surface area contributed by atoms with Crippen LogP contribution in [0.1, 0.15) is 55.3 Å². The lowest BCUT2D eigenvalue weighted by Crippen LogP contribution is -2.32. The number of carbonyl (C=O) groups excluding carboxylic acids is 1. The van der Waals surface area contributed by atoms with E-state index in [9.17, 15) is 4.79 Å². The minimum absolute atomic E-state index is 0.123. The van der Waals surface area contributed by atoms with Crippen molar-refractivity contribution < 1.29 is 14.1 Å². The molecule has 2 aromatic rings. The van der Waals surface area contributed by atoms with Gasteiger partial charge in [-0.25, -0.2) is 0 Å². The molecule has 0 aliphatic carbocycles. The van der Waals surface area contributed by atoms with Gasteiger partial charge in [-0.3, -0.25) is 4.79 Å². The first-order valence-corrected chi connectivity index (χ1v) is 9.07. The number of ether oxygens (including phenoxy) is 1. The number of amides is 1. The molecule has 0 bridgehead atoms. The van der Waals surface area contributed by atoms with Gasteiger partial charge in [-0.05, 0) is 37.0 Å². The van der Waals surface area contributed by atoms with Crippen molar-refractivity contribution in [3.05, 3.63) is 46.8 Å². The standard InChI is InChI=1S/C20H26N2O3/c1-4-17-16(19(5-2)25-21-17)13-20(23)22-11-7-10-18(22)14-8-6-9-15(12-14)24-3/h6,8-9,12,18H,4-5,7,10-11,13H2,1-3H3. The van der Waals surface area contributed by atoms with Crippen molar-refractivity contribution in [1.29, 1.82) is 0 Å². The van der Waals surface area contributed by atoms with Gasteiger partial charge in [0.1, 0.15) is 11.5 Å². The van der Waals surface area contributed by atoms with Gasteiger partial charge in [0.2, 0.25) is 5.91 Å². The first-order chi connectivity index (χ1) is 12.2. The normalized spacial score (nSPS) is 17.1. The molecule has 1 atom stereocenters. The van der Waals surface area contributed by atoms with Crippen LogP contribution in [0.15, 0.2) is 28.8 Å². The van der Waals surface area contributed by atoms with Crippen molar-refractivity contribution in [3.63, 3.8) is 0 Å². The van der Waals surface area contributed by atoms with Crippen molar-refractivity contribution in [2.45, 2.75) is 52.0 Å². The molecule has 1 amide bonds. The molecule has 5 nitrogen and oxygen atoms in total. The fraction of sp³-hybridized carbons (Fsp3) is 0.500. The summed E-state index contributed by atoms with van der Waals surface area (Å²) in [5.74, 6) is 1.82. The number of aromatic nitrogens is 1. The Labute approximate surface area is 148 Å². The average molecular weight is 342 g/mol. The zero-order valence-corrected chi connectivity index (χ0v) is 15.2. The molecule has 5 heteroatoms. The molecule has 0 spiro atoms. The predicted octanol–water partition coefficient (Wildman–Crippen LogP) is 3.71. The Hall–Kier alpha value is -2.30. The minimum Gasteiger partial charge on any atom is -0.497 e. The Bertz CT molecular complexity index is 717. The van der Waals surface area contributed by atoms with Crippen LogP contribution in [-0.4, -0.2) is 29.6 Å². The number of likely N-dealkylation sites (tertiary alicyclic amines) is 1. The molecule has 1 saturated heterocycles. The van der Waals surface area contributed by atoms with Crippen LogP contribution in [0.25, 0.3) is 0 Å². The van der Waals surface area contributed by atoms with Crippen LogP contribution in [0.3, 0.4) is 0 Å². The Morgan fingerprint density at radius 1 is 1.36 bits per heavy atom. The molecule has 1 aliphatic rings. The smallest absolute Gasteiger partial charge is 0.227 e. The number of benzene rings is 1. The molecular weight excluding hydrogens is 316 g/mol. The molecule has 2 heterocycles. The lowest BCUT2D eigenvalue weighted by molar-refractivity contribution is -0.131. The monoisotopic (exact) mass is 342 g/mol. The largest absolute Gasteiger partial charge is 0.497 e. The van der Waals surface area contributed by atoms with Crippen molar-refractivity contribution in [2.75, 3.05) is 13.7 Å². The zero-order chi connectivity index (χ0) is 17.8. The molecule has 1 aliphatic heterocycles. The minimum atomic E-state index is 0.123. The Balaban J connectivity index is 1.80. The molecule has 0 saturated carbocycles. The molecule has 1 fully saturated rings. The maximum Gasteiger partial charge on any atom is 0.227 e. The van der Waals surface area contributed by atoms with Crippen molar-refractivity contribution >= 4 is 5.91 Å². The SMILES string of the molecule is CCc1noc(CC)c1CC(=O)N1CCCC1c1cccc(OC)c1. The van der Waals surface area contributed by atoms with Crippen molar-refractivity contribution in [3.8, 4) is 5.75 Å². The van der Waals surface area contributed by atoms with E-state index in [0.717, 1.165) is 60.6 Å². The second-order valence-corrected chi connectivity index (χ2v) is 6.44. The lowest BCUT2D eigenvalue weighted by Gasteiger charge is -2.25. The number of rotatable bonds is 6. The van der Waals surface area contributed by atoms with E-state index < -0.39 is 0 Å². The van der Waals surface area contributed by atoms with Gasteiger partial charge in [0.05, 0.1) is 25.3 Å². The highest BCUT2D eigenvalue weighted by atomic mass is 16.5. The van der Waals surface area contributed by atoms with Gasteiger partial charge >= 0.3 is 0 Å². The lowest BCUT2D eigenvalue weighted by atomic mass is 10.0. The summed E-state index contributed by atoms with van der Waals surface area (Å²) >= 11 is 0. The highest BCUT2D eigenvalue weighted by molar-refractivity contribution is 5.80. The number of aryl methyl sites for hydroxylation is 2. The van der Waals surface area contributed by atoms with Gasteiger partial charge in [-0.15, -0.1) is 0 Å². The van der Waals surface area contributed by atoms with Gasteiger partial charge in [0, 0.05) is 18.5 Å². The van der Waals surface area contributed by atoms with Crippen molar-refractivity contribution in [2.24, 2.45) is 0 Å². The summed E-state index contributed by atoms with van der Waals surface area (Å²) in [4.78, 5) is 15.0. The van der Waals surface area contributed by atoms with Crippen LogP contribution >= 0.6 is 0 Å². The molecule has 25 heavy (non-hydrogen) atoms. The van der Waals surface area contributed by atoms with E-state index in [1.807, 2.05) is 36.9 Å². The first-order valence-electron chi connectivity index (χ1n) is 9.07. The van der Waals surface area contributed by atoms with Crippen LogP contribution in [0.5, 0.6) is 5.75 Å². The number of methoxy groups -OCH3 is 1. The third kappa shape index (κ3) is 3.55. The third-order valence-corrected chi connectivity index (χ3v) is 4.99. The zero-order valence-electron chi connectivity index (χ0n) is 15.2. The van der Waals surface area contributed by atoms with E-state index >= 15 is 0 Å². The Morgan fingerprint density at radius 3 is 2.92 bits per heavy atom. The second-order valence-electron chi connectivity index (χ2n) is 6.44. The topological polar surface area (TPSA) is 55.6 Å². The van der Waals surface area contributed by atoms with Crippen LogP contribution in [-0.2, 0) is 24.1 Å². The summed E-state index contributed by atoms with van der Waals surface area (Å²) in [5.41, 5.74) is 3.02. The summed E-state index contributed by atoms with van der Waals surface area (Å²) in [6.45, 7) is 4.87. The first kappa shape index (κ1) is 17.5. The van der Waals surface area contributed by atoms with Gasteiger partial charge in [0.25, 0.3) is 0 Å². The van der Waals surface area contributed by atoms with E-state index in [0.29, 0.717) is 6.42 Å². The predicted molar refractivity (Wildman–Crippen MR) is 95.6 cm³/mol. The fourth-order valence-corrected chi connectivity index (χ4v) is 3.65. The molecule has 1 unspecified atom stereocenters. The molecule has 134 valence electrons. The van der Waals surface area contributed by atoms with E-state index in [4.69, 9.17) is 9.26 Å². The summed E-state index contributed by atoms with van der Waals surface area (Å²) in [6, 6.07) is 8.15. The highest BCUT2D eigenvalue weighted by Gasteiger charge is 2.31.